The van der Waals surface area contributed by atoms with Gasteiger partial charge in [0.25, 0.3) is 0 Å². The molecule has 2 nitrogen and oxygen atoms in total. The molecule has 11 rings (SSSR count). The predicted molar refractivity (Wildman–Crippen MR) is 227 cm³/mol. The molecule has 0 amide bonds. The molecule has 0 saturated heterocycles. The SMILES string of the molecule is c1ccc(-c2ccc3c(oc4ccccc43)c2N(c2ccc(-c3cccc4sc5ccccc5c34)cc2)c2cc3ccccc3c3ccccc23)cc1. The van der Waals surface area contributed by atoms with Gasteiger partial charge < -0.3 is 9.32 Å². The largest absolute Gasteiger partial charge is 0.454 e. The van der Waals surface area contributed by atoms with Crippen LogP contribution in [0.5, 0.6) is 0 Å². The number of benzene rings is 9. The van der Waals surface area contributed by atoms with Crippen LogP contribution < -0.4 is 4.90 Å². The third kappa shape index (κ3) is 4.71. The molecule has 0 N–H and O–H groups in total. The third-order valence-corrected chi connectivity index (χ3v) is 11.8. The Morgan fingerprint density at radius 3 is 1.92 bits per heavy atom. The number of furan rings is 1. The molecule has 0 aliphatic heterocycles. The highest BCUT2D eigenvalue weighted by Gasteiger charge is 2.26. The Hall–Kier alpha value is -6.68. The van der Waals surface area contributed by atoms with Crippen molar-refractivity contribution < 1.29 is 4.42 Å². The predicted octanol–water partition coefficient (Wildman–Crippen LogP) is 15.1. The van der Waals surface area contributed by atoms with Crippen LogP contribution in [0.1, 0.15) is 0 Å². The van der Waals surface area contributed by atoms with Gasteiger partial charge in [-0.2, -0.15) is 0 Å². The quantitative estimate of drug-likeness (QED) is 0.167. The summed E-state index contributed by atoms with van der Waals surface area (Å²) in [5.41, 5.74) is 9.59. The van der Waals surface area contributed by atoms with Crippen molar-refractivity contribution in [1.29, 1.82) is 0 Å². The Kier molecular flexibility index (Phi) is 6.76. The number of hydrogen-bond donors (Lipinski definition) is 0. The lowest BCUT2D eigenvalue weighted by atomic mass is 9.95. The normalized spacial score (nSPS) is 11.8. The molecule has 0 saturated carbocycles. The van der Waals surface area contributed by atoms with Crippen molar-refractivity contribution >= 4 is 92.1 Å². The van der Waals surface area contributed by atoms with Crippen molar-refractivity contribution in [1.82, 2.24) is 0 Å². The Bertz CT molecular complexity index is 3170. The zero-order chi connectivity index (χ0) is 34.9. The Morgan fingerprint density at radius 1 is 0.415 bits per heavy atom. The van der Waals surface area contributed by atoms with Gasteiger partial charge in [-0.05, 0) is 75.3 Å². The number of thiophene rings is 1. The van der Waals surface area contributed by atoms with E-state index in [2.05, 4.69) is 187 Å². The number of hydrogen-bond acceptors (Lipinski definition) is 3. The highest BCUT2D eigenvalue weighted by Crippen LogP contribution is 2.50. The molecule has 0 bridgehead atoms. The Balaban J connectivity index is 1.22. The molecule has 0 spiro atoms. The minimum atomic E-state index is 0.864. The first-order chi connectivity index (χ1) is 26.3. The monoisotopic (exact) mass is 693 g/mol. The molecule has 53 heavy (non-hydrogen) atoms. The van der Waals surface area contributed by atoms with Crippen LogP contribution in [-0.2, 0) is 0 Å². The number of nitrogens with zero attached hydrogens (tertiary/aromatic N) is 1. The maximum Gasteiger partial charge on any atom is 0.160 e. The summed E-state index contributed by atoms with van der Waals surface area (Å²) >= 11 is 1.86. The average molecular weight is 694 g/mol. The summed E-state index contributed by atoms with van der Waals surface area (Å²) < 4.78 is 9.52. The van der Waals surface area contributed by atoms with Crippen molar-refractivity contribution in [3.05, 3.63) is 188 Å². The topological polar surface area (TPSA) is 16.4 Å². The molecule has 2 aromatic heterocycles. The van der Waals surface area contributed by atoms with Gasteiger partial charge in [0.2, 0.25) is 0 Å². The van der Waals surface area contributed by atoms with Crippen LogP contribution in [0.15, 0.2) is 192 Å². The first-order valence-corrected chi connectivity index (χ1v) is 18.8. The van der Waals surface area contributed by atoms with E-state index >= 15 is 0 Å². The molecule has 3 heteroatoms. The maximum atomic E-state index is 6.90. The van der Waals surface area contributed by atoms with Crippen LogP contribution >= 0.6 is 11.3 Å². The maximum absolute atomic E-state index is 6.90. The second kappa shape index (κ2) is 11.9. The summed E-state index contributed by atoms with van der Waals surface area (Å²) in [6.07, 6.45) is 0. The lowest BCUT2D eigenvalue weighted by molar-refractivity contribution is 0.669. The highest BCUT2D eigenvalue weighted by molar-refractivity contribution is 7.25. The van der Waals surface area contributed by atoms with Crippen molar-refractivity contribution in [2.75, 3.05) is 4.90 Å². The number of anilines is 3. The van der Waals surface area contributed by atoms with Gasteiger partial charge in [0, 0.05) is 47.6 Å². The van der Waals surface area contributed by atoms with E-state index < -0.39 is 0 Å². The number of para-hydroxylation sites is 1. The lowest BCUT2D eigenvalue weighted by Crippen LogP contribution is -2.12. The molecule has 248 valence electrons. The van der Waals surface area contributed by atoms with Crippen LogP contribution in [0.3, 0.4) is 0 Å². The first-order valence-electron chi connectivity index (χ1n) is 18.0. The molecule has 0 aliphatic rings. The molecular formula is C50H31NOS. The van der Waals surface area contributed by atoms with E-state index in [0.717, 1.165) is 50.1 Å². The van der Waals surface area contributed by atoms with Crippen LogP contribution in [0.4, 0.5) is 17.1 Å². The molecule has 0 radical (unpaired) electrons. The first kappa shape index (κ1) is 30.0. The zero-order valence-electron chi connectivity index (χ0n) is 28.7. The summed E-state index contributed by atoms with van der Waals surface area (Å²) in [7, 11) is 0. The van der Waals surface area contributed by atoms with Crippen molar-refractivity contribution in [2.45, 2.75) is 0 Å². The minimum absolute atomic E-state index is 0.864. The highest BCUT2D eigenvalue weighted by atomic mass is 32.1. The van der Waals surface area contributed by atoms with E-state index in [4.69, 9.17) is 4.42 Å². The fourth-order valence-corrected chi connectivity index (χ4v) is 9.39. The number of rotatable bonds is 5. The molecule has 0 aliphatic carbocycles. The average Bonchev–Trinajstić information content (AvgIpc) is 3.80. The molecule has 11 aromatic rings. The van der Waals surface area contributed by atoms with E-state index in [0.29, 0.717) is 0 Å². The summed E-state index contributed by atoms with van der Waals surface area (Å²) in [5, 5.41) is 9.65. The fourth-order valence-electron chi connectivity index (χ4n) is 8.26. The summed E-state index contributed by atoms with van der Waals surface area (Å²) in [6.45, 7) is 0. The third-order valence-electron chi connectivity index (χ3n) is 10.7. The molecule has 0 fully saturated rings. The van der Waals surface area contributed by atoms with Crippen molar-refractivity contribution in [3.63, 3.8) is 0 Å². The second-order valence-electron chi connectivity index (χ2n) is 13.6. The van der Waals surface area contributed by atoms with Gasteiger partial charge >= 0.3 is 0 Å². The lowest BCUT2D eigenvalue weighted by Gasteiger charge is -2.30. The van der Waals surface area contributed by atoms with Gasteiger partial charge in [-0.3, -0.25) is 0 Å². The van der Waals surface area contributed by atoms with E-state index in [-0.39, 0.29) is 0 Å². The molecule has 0 atom stereocenters. The van der Waals surface area contributed by atoms with E-state index in [1.165, 1.54) is 52.8 Å². The van der Waals surface area contributed by atoms with Crippen LogP contribution in [0, 0.1) is 0 Å². The summed E-state index contributed by atoms with van der Waals surface area (Å²) in [4.78, 5) is 2.44. The second-order valence-corrected chi connectivity index (χ2v) is 14.7. The minimum Gasteiger partial charge on any atom is -0.454 e. The Labute approximate surface area is 310 Å². The van der Waals surface area contributed by atoms with Crippen LogP contribution in [0.2, 0.25) is 0 Å². The molecule has 9 aromatic carbocycles. The molecular weight excluding hydrogens is 663 g/mol. The smallest absolute Gasteiger partial charge is 0.160 e. The van der Waals surface area contributed by atoms with Crippen molar-refractivity contribution in [2.24, 2.45) is 0 Å². The fraction of sp³-hybridized carbons (Fsp3) is 0. The standard InChI is InChI=1S/C50H31NOS/c1-2-13-32(14-3-1)38-29-30-42-41-19-8-10-22-45(41)52-50(42)49(38)51(44-31-34-15-4-5-16-36(34)39-17-6-7-18-40(39)44)35-27-25-33(26-28-35)37-21-12-24-47-48(37)43-20-9-11-23-46(43)53-47/h1-31H. The summed E-state index contributed by atoms with van der Waals surface area (Å²) in [5.74, 6) is 0. The van der Waals surface area contributed by atoms with Crippen LogP contribution in [-0.4, -0.2) is 0 Å². The van der Waals surface area contributed by atoms with Gasteiger partial charge in [0.05, 0.1) is 11.4 Å². The molecule has 0 unspecified atom stereocenters. The number of fused-ring (bicyclic) bond motifs is 9. The van der Waals surface area contributed by atoms with E-state index in [1.54, 1.807) is 0 Å². The summed E-state index contributed by atoms with van der Waals surface area (Å²) in [6, 6.07) is 67.9. The van der Waals surface area contributed by atoms with Gasteiger partial charge in [-0.1, -0.05) is 146 Å². The van der Waals surface area contributed by atoms with Gasteiger partial charge in [0.1, 0.15) is 5.58 Å². The zero-order valence-corrected chi connectivity index (χ0v) is 29.5. The van der Waals surface area contributed by atoms with Gasteiger partial charge in [-0.15, -0.1) is 11.3 Å². The van der Waals surface area contributed by atoms with E-state index in [9.17, 15) is 0 Å². The Morgan fingerprint density at radius 2 is 1.08 bits per heavy atom. The van der Waals surface area contributed by atoms with E-state index in [1.807, 2.05) is 17.4 Å². The van der Waals surface area contributed by atoms with Crippen LogP contribution in [0.25, 0.3) is 85.9 Å². The van der Waals surface area contributed by atoms with Gasteiger partial charge in [0.15, 0.2) is 5.58 Å². The molecule has 2 heterocycles. The van der Waals surface area contributed by atoms with Crippen molar-refractivity contribution in [3.8, 4) is 22.3 Å². The van der Waals surface area contributed by atoms with Gasteiger partial charge in [-0.25, -0.2) is 0 Å².